The lowest BCUT2D eigenvalue weighted by atomic mass is 10.1. The van der Waals surface area contributed by atoms with Gasteiger partial charge < -0.3 is 5.32 Å². The van der Waals surface area contributed by atoms with Crippen molar-refractivity contribution in [2.45, 2.75) is 13.8 Å². The normalized spacial score (nSPS) is 10.7. The second kappa shape index (κ2) is 8.01. The van der Waals surface area contributed by atoms with Crippen LogP contribution in [0, 0.1) is 13.8 Å². The molecule has 0 radical (unpaired) electrons. The van der Waals surface area contributed by atoms with Crippen LogP contribution in [-0.4, -0.2) is 20.7 Å². The zero-order chi connectivity index (χ0) is 20.4. The Labute approximate surface area is 177 Å². The van der Waals surface area contributed by atoms with Crippen molar-refractivity contribution in [1.29, 1.82) is 0 Å². The Hall–Kier alpha value is -3.25. The molecule has 0 aliphatic heterocycles. The number of hydrogen-bond donors (Lipinski definition) is 1. The molecule has 3 aromatic carbocycles. The highest BCUT2D eigenvalue weighted by Crippen LogP contribution is 2.23. The van der Waals surface area contributed by atoms with Gasteiger partial charge in [-0.25, -0.2) is 9.67 Å². The van der Waals surface area contributed by atoms with E-state index < -0.39 is 0 Å². The third-order valence-corrected chi connectivity index (χ3v) is 5.05. The highest BCUT2D eigenvalue weighted by atomic mass is 79.9. The van der Waals surface area contributed by atoms with Crippen LogP contribution in [0.1, 0.15) is 21.7 Å². The van der Waals surface area contributed by atoms with Crippen LogP contribution in [0.3, 0.4) is 0 Å². The number of carbonyl (C=O) groups excluding carboxylic acids is 1. The van der Waals surface area contributed by atoms with E-state index in [0.29, 0.717) is 5.82 Å². The summed E-state index contributed by atoms with van der Waals surface area (Å²) in [6.45, 7) is 3.97. The number of hydrogen-bond acceptors (Lipinski definition) is 3. The SMILES string of the molecule is Cc1ccc(-c2nc(C(=O)Nc3ccc(Br)cc3C)nn2-c2ccccc2)cc1. The van der Waals surface area contributed by atoms with Crippen molar-refractivity contribution in [2.75, 3.05) is 5.32 Å². The summed E-state index contributed by atoms with van der Waals surface area (Å²) in [7, 11) is 0. The van der Waals surface area contributed by atoms with Crippen molar-refractivity contribution in [3.8, 4) is 17.1 Å². The Balaban J connectivity index is 1.74. The Morgan fingerprint density at radius 1 is 0.966 bits per heavy atom. The molecule has 4 rings (SSSR count). The van der Waals surface area contributed by atoms with Crippen molar-refractivity contribution in [3.05, 3.63) is 94.2 Å². The van der Waals surface area contributed by atoms with E-state index in [-0.39, 0.29) is 11.7 Å². The first-order chi connectivity index (χ1) is 14.0. The maximum atomic E-state index is 12.9. The number of amides is 1. The summed E-state index contributed by atoms with van der Waals surface area (Å²) in [6.07, 6.45) is 0. The van der Waals surface area contributed by atoms with Crippen molar-refractivity contribution in [2.24, 2.45) is 0 Å². The number of para-hydroxylation sites is 1. The molecule has 0 unspecified atom stereocenters. The Kier molecular flexibility index (Phi) is 5.27. The minimum atomic E-state index is -0.349. The van der Waals surface area contributed by atoms with Gasteiger partial charge in [-0.2, -0.15) is 0 Å². The van der Waals surface area contributed by atoms with E-state index in [9.17, 15) is 4.79 Å². The number of carbonyl (C=O) groups is 1. The lowest BCUT2D eigenvalue weighted by Crippen LogP contribution is -2.15. The van der Waals surface area contributed by atoms with Crippen LogP contribution in [0.5, 0.6) is 0 Å². The van der Waals surface area contributed by atoms with Crippen LogP contribution in [-0.2, 0) is 0 Å². The molecule has 0 spiro atoms. The molecular weight excluding hydrogens is 428 g/mol. The number of nitrogens with one attached hydrogen (secondary N) is 1. The highest BCUT2D eigenvalue weighted by molar-refractivity contribution is 9.10. The third kappa shape index (κ3) is 4.12. The molecule has 1 aromatic heterocycles. The van der Waals surface area contributed by atoms with Gasteiger partial charge in [0.15, 0.2) is 5.82 Å². The molecule has 0 bridgehead atoms. The number of aromatic nitrogens is 3. The Morgan fingerprint density at radius 3 is 2.38 bits per heavy atom. The number of nitrogens with zero attached hydrogens (tertiary/aromatic N) is 3. The summed E-state index contributed by atoms with van der Waals surface area (Å²) >= 11 is 3.44. The van der Waals surface area contributed by atoms with E-state index in [1.165, 1.54) is 0 Å². The second-order valence-electron chi connectivity index (χ2n) is 6.79. The summed E-state index contributed by atoms with van der Waals surface area (Å²) in [5, 5.41) is 7.42. The van der Waals surface area contributed by atoms with Crippen molar-refractivity contribution >= 4 is 27.5 Å². The fraction of sp³-hybridized carbons (Fsp3) is 0.0870. The maximum absolute atomic E-state index is 12.9. The predicted octanol–water partition coefficient (Wildman–Crippen LogP) is 5.57. The topological polar surface area (TPSA) is 59.8 Å². The largest absolute Gasteiger partial charge is 0.319 e. The van der Waals surface area contributed by atoms with Crippen molar-refractivity contribution in [3.63, 3.8) is 0 Å². The van der Waals surface area contributed by atoms with Gasteiger partial charge in [-0.05, 0) is 49.7 Å². The molecule has 0 aliphatic rings. The molecule has 1 amide bonds. The summed E-state index contributed by atoms with van der Waals surface area (Å²) in [4.78, 5) is 17.4. The molecule has 5 nitrogen and oxygen atoms in total. The summed E-state index contributed by atoms with van der Waals surface area (Å²) in [6, 6.07) is 23.4. The summed E-state index contributed by atoms with van der Waals surface area (Å²) in [5.41, 5.74) is 4.57. The monoisotopic (exact) mass is 446 g/mol. The van der Waals surface area contributed by atoms with Gasteiger partial charge in [0.25, 0.3) is 5.91 Å². The van der Waals surface area contributed by atoms with Gasteiger partial charge in [0.1, 0.15) is 0 Å². The zero-order valence-corrected chi connectivity index (χ0v) is 17.6. The minimum absolute atomic E-state index is 0.117. The summed E-state index contributed by atoms with van der Waals surface area (Å²) < 4.78 is 2.66. The van der Waals surface area contributed by atoms with Crippen LogP contribution >= 0.6 is 15.9 Å². The smallest absolute Gasteiger partial charge is 0.295 e. The van der Waals surface area contributed by atoms with Crippen LogP contribution in [0.25, 0.3) is 17.1 Å². The third-order valence-electron chi connectivity index (χ3n) is 4.56. The number of halogens is 1. The molecule has 4 aromatic rings. The van der Waals surface area contributed by atoms with Crippen LogP contribution in [0.15, 0.2) is 77.3 Å². The lowest BCUT2D eigenvalue weighted by molar-refractivity contribution is 0.101. The van der Waals surface area contributed by atoms with Crippen molar-refractivity contribution in [1.82, 2.24) is 14.8 Å². The number of rotatable bonds is 4. The molecule has 1 N–H and O–H groups in total. The standard InChI is InChI=1S/C23H19BrN4O/c1-15-8-10-17(11-9-15)22-26-21(27-28(22)19-6-4-3-5-7-19)23(29)25-20-13-12-18(24)14-16(20)2/h3-14H,1-2H3,(H,25,29). The Bertz CT molecular complexity index is 1170. The average Bonchev–Trinajstić information content (AvgIpc) is 3.17. The fourth-order valence-corrected chi connectivity index (χ4v) is 3.47. The molecule has 1 heterocycles. The average molecular weight is 447 g/mol. The molecule has 144 valence electrons. The van der Waals surface area contributed by atoms with Gasteiger partial charge in [-0.1, -0.05) is 64.0 Å². The molecule has 6 heteroatoms. The van der Waals surface area contributed by atoms with Crippen molar-refractivity contribution < 1.29 is 4.79 Å². The van der Waals surface area contributed by atoms with Gasteiger partial charge in [0, 0.05) is 15.7 Å². The van der Waals surface area contributed by atoms with Gasteiger partial charge >= 0.3 is 0 Å². The number of benzene rings is 3. The number of anilines is 1. The van der Waals surface area contributed by atoms with Gasteiger partial charge in [0.2, 0.25) is 5.82 Å². The van der Waals surface area contributed by atoms with E-state index in [4.69, 9.17) is 0 Å². The molecule has 0 atom stereocenters. The molecule has 0 saturated carbocycles. The molecule has 0 fully saturated rings. The quantitative estimate of drug-likeness (QED) is 0.445. The first kappa shape index (κ1) is 19.1. The first-order valence-corrected chi connectivity index (χ1v) is 9.97. The Morgan fingerprint density at radius 2 is 1.69 bits per heavy atom. The minimum Gasteiger partial charge on any atom is -0.319 e. The number of aryl methyl sites for hydroxylation is 2. The molecular formula is C23H19BrN4O. The fourth-order valence-electron chi connectivity index (χ4n) is 2.99. The van der Waals surface area contributed by atoms with E-state index >= 15 is 0 Å². The van der Waals surface area contributed by atoms with Gasteiger partial charge in [-0.3, -0.25) is 4.79 Å². The van der Waals surface area contributed by atoms with E-state index in [1.807, 2.05) is 86.6 Å². The molecule has 0 saturated heterocycles. The van der Waals surface area contributed by atoms with E-state index in [2.05, 4.69) is 31.3 Å². The van der Waals surface area contributed by atoms with E-state index in [0.717, 1.165) is 32.5 Å². The van der Waals surface area contributed by atoms with Crippen LogP contribution in [0.2, 0.25) is 0 Å². The zero-order valence-electron chi connectivity index (χ0n) is 16.1. The maximum Gasteiger partial charge on any atom is 0.295 e. The predicted molar refractivity (Wildman–Crippen MR) is 118 cm³/mol. The first-order valence-electron chi connectivity index (χ1n) is 9.18. The van der Waals surface area contributed by atoms with Gasteiger partial charge in [0.05, 0.1) is 5.69 Å². The van der Waals surface area contributed by atoms with Gasteiger partial charge in [-0.15, -0.1) is 5.10 Å². The molecule has 29 heavy (non-hydrogen) atoms. The molecule has 0 aliphatic carbocycles. The van der Waals surface area contributed by atoms with E-state index in [1.54, 1.807) is 4.68 Å². The lowest BCUT2D eigenvalue weighted by Gasteiger charge is -2.06. The highest BCUT2D eigenvalue weighted by Gasteiger charge is 2.19. The van der Waals surface area contributed by atoms with Crippen LogP contribution in [0.4, 0.5) is 5.69 Å². The summed E-state index contributed by atoms with van der Waals surface area (Å²) in [5.74, 6) is 0.388. The van der Waals surface area contributed by atoms with Crippen LogP contribution < -0.4 is 5.32 Å². The second-order valence-corrected chi connectivity index (χ2v) is 7.70.